The van der Waals surface area contributed by atoms with Crippen molar-refractivity contribution in [1.29, 1.82) is 0 Å². The first-order valence-corrected chi connectivity index (χ1v) is 8.36. The fraction of sp³-hybridized carbons (Fsp3) is 0.300. The predicted octanol–water partition coefficient (Wildman–Crippen LogP) is 3.97. The van der Waals surface area contributed by atoms with Crippen LogP contribution in [0.2, 0.25) is 0 Å². The molecule has 25 heavy (non-hydrogen) atoms. The van der Waals surface area contributed by atoms with Crippen molar-refractivity contribution < 1.29 is 19.1 Å². The highest BCUT2D eigenvalue weighted by molar-refractivity contribution is 6.02. The van der Waals surface area contributed by atoms with Gasteiger partial charge in [0.1, 0.15) is 5.75 Å². The summed E-state index contributed by atoms with van der Waals surface area (Å²) >= 11 is 0. The Labute approximate surface area is 148 Å². The molecule has 1 N–H and O–H groups in total. The Morgan fingerprint density at radius 2 is 1.72 bits per heavy atom. The molecule has 0 spiro atoms. The van der Waals surface area contributed by atoms with E-state index in [1.807, 2.05) is 38.1 Å². The van der Waals surface area contributed by atoms with Crippen LogP contribution in [0.15, 0.2) is 48.5 Å². The van der Waals surface area contributed by atoms with Crippen LogP contribution in [-0.4, -0.2) is 24.6 Å². The lowest BCUT2D eigenvalue weighted by molar-refractivity contribution is -0.122. The summed E-state index contributed by atoms with van der Waals surface area (Å²) in [5, 5.41) is 2.78. The zero-order chi connectivity index (χ0) is 18.2. The topological polar surface area (TPSA) is 64.6 Å². The summed E-state index contributed by atoms with van der Waals surface area (Å²) in [7, 11) is 0. The van der Waals surface area contributed by atoms with E-state index in [9.17, 15) is 9.59 Å². The second-order valence-electron chi connectivity index (χ2n) is 5.54. The molecule has 2 aromatic rings. The maximum atomic E-state index is 12.6. The monoisotopic (exact) mass is 341 g/mol. The first kappa shape index (κ1) is 18.5. The number of anilines is 1. The molecular weight excluding hydrogens is 318 g/mol. The molecule has 0 fully saturated rings. The summed E-state index contributed by atoms with van der Waals surface area (Å²) in [5.41, 5.74) is 1.70. The fourth-order valence-electron chi connectivity index (χ4n) is 2.36. The third kappa shape index (κ3) is 4.83. The van der Waals surface area contributed by atoms with Gasteiger partial charge >= 0.3 is 5.97 Å². The Hall–Kier alpha value is -2.82. The average molecular weight is 341 g/mol. The molecule has 0 heterocycles. The molecule has 5 nitrogen and oxygen atoms in total. The Kier molecular flexibility index (Phi) is 6.57. The highest BCUT2D eigenvalue weighted by Crippen LogP contribution is 2.21. The minimum atomic E-state index is -0.656. The van der Waals surface area contributed by atoms with Gasteiger partial charge < -0.3 is 14.8 Å². The fourth-order valence-corrected chi connectivity index (χ4v) is 2.36. The number of esters is 1. The largest absolute Gasteiger partial charge is 0.480 e. The van der Waals surface area contributed by atoms with E-state index in [-0.39, 0.29) is 12.5 Å². The highest BCUT2D eigenvalue weighted by Gasteiger charge is 2.21. The summed E-state index contributed by atoms with van der Waals surface area (Å²) in [6, 6.07) is 14.3. The number of hydrogen-bond donors (Lipinski definition) is 1. The quantitative estimate of drug-likeness (QED) is 0.774. The molecule has 0 saturated carbocycles. The number of ether oxygens (including phenoxy) is 2. The van der Waals surface area contributed by atoms with E-state index < -0.39 is 12.1 Å². The standard InChI is InChI=1S/C20H23NO4/c1-4-17(25-18-13-9-6-10-14(18)3)19(22)21-16-12-8-7-11-15(16)20(23)24-5-2/h6-13,17H,4-5H2,1-3H3,(H,21,22)/t17-/m1/s1. The van der Waals surface area contributed by atoms with E-state index in [1.54, 1.807) is 31.2 Å². The number of hydrogen-bond acceptors (Lipinski definition) is 4. The summed E-state index contributed by atoms with van der Waals surface area (Å²) in [5.74, 6) is -0.100. The maximum Gasteiger partial charge on any atom is 0.340 e. The zero-order valence-corrected chi connectivity index (χ0v) is 14.7. The van der Waals surface area contributed by atoms with Crippen LogP contribution >= 0.6 is 0 Å². The van der Waals surface area contributed by atoms with Crippen molar-refractivity contribution in [1.82, 2.24) is 0 Å². The van der Waals surface area contributed by atoms with Gasteiger partial charge in [0.25, 0.3) is 5.91 Å². The highest BCUT2D eigenvalue weighted by atomic mass is 16.5. The summed E-state index contributed by atoms with van der Waals surface area (Å²) in [4.78, 5) is 24.6. The molecule has 1 amide bonds. The minimum absolute atomic E-state index is 0.273. The molecule has 2 rings (SSSR count). The molecule has 1 atom stereocenters. The SMILES string of the molecule is CCOC(=O)c1ccccc1NC(=O)[C@@H](CC)Oc1ccccc1C. The van der Waals surface area contributed by atoms with Gasteiger partial charge in [-0.3, -0.25) is 4.79 Å². The van der Waals surface area contributed by atoms with E-state index >= 15 is 0 Å². The molecule has 2 aromatic carbocycles. The number of nitrogens with one attached hydrogen (secondary N) is 1. The van der Waals surface area contributed by atoms with Crippen LogP contribution in [0.4, 0.5) is 5.69 Å². The third-order valence-electron chi connectivity index (χ3n) is 3.71. The average Bonchev–Trinajstić information content (AvgIpc) is 2.61. The van der Waals surface area contributed by atoms with Crippen LogP contribution in [0.3, 0.4) is 0 Å². The van der Waals surface area contributed by atoms with Gasteiger partial charge in [0.05, 0.1) is 17.9 Å². The number of aryl methyl sites for hydroxylation is 1. The molecule has 0 aliphatic carbocycles. The van der Waals surface area contributed by atoms with Crippen LogP contribution in [-0.2, 0) is 9.53 Å². The third-order valence-corrected chi connectivity index (χ3v) is 3.71. The smallest absolute Gasteiger partial charge is 0.340 e. The first-order chi connectivity index (χ1) is 12.1. The first-order valence-electron chi connectivity index (χ1n) is 8.36. The van der Waals surface area contributed by atoms with Crippen molar-refractivity contribution in [3.63, 3.8) is 0 Å². The lowest BCUT2D eigenvalue weighted by Crippen LogP contribution is -2.33. The van der Waals surface area contributed by atoms with Crippen LogP contribution in [0, 0.1) is 6.92 Å². The molecule has 0 saturated heterocycles. The lowest BCUT2D eigenvalue weighted by atomic mass is 10.1. The van der Waals surface area contributed by atoms with E-state index in [0.717, 1.165) is 5.56 Å². The predicted molar refractivity (Wildman–Crippen MR) is 96.9 cm³/mol. The van der Waals surface area contributed by atoms with Crippen molar-refractivity contribution in [2.45, 2.75) is 33.3 Å². The Morgan fingerprint density at radius 3 is 2.40 bits per heavy atom. The second-order valence-corrected chi connectivity index (χ2v) is 5.54. The number of carbonyl (C=O) groups is 2. The van der Waals surface area contributed by atoms with Gasteiger partial charge in [-0.05, 0) is 44.0 Å². The summed E-state index contributed by atoms with van der Waals surface area (Å²) in [6.07, 6.45) is -0.154. The molecule has 0 bridgehead atoms. The number of carbonyl (C=O) groups excluding carboxylic acids is 2. The van der Waals surface area contributed by atoms with Gasteiger partial charge in [-0.1, -0.05) is 37.3 Å². The number of amides is 1. The lowest BCUT2D eigenvalue weighted by Gasteiger charge is -2.19. The number of para-hydroxylation sites is 2. The number of benzene rings is 2. The Morgan fingerprint density at radius 1 is 1.04 bits per heavy atom. The summed E-state index contributed by atoms with van der Waals surface area (Å²) < 4.78 is 10.9. The van der Waals surface area contributed by atoms with Gasteiger partial charge in [-0.2, -0.15) is 0 Å². The van der Waals surface area contributed by atoms with Crippen molar-refractivity contribution in [2.24, 2.45) is 0 Å². The number of rotatable bonds is 7. The van der Waals surface area contributed by atoms with E-state index in [1.165, 1.54) is 0 Å². The Bertz CT molecular complexity index is 742. The summed E-state index contributed by atoms with van der Waals surface area (Å²) in [6.45, 7) is 5.81. The molecule has 5 heteroatoms. The van der Waals surface area contributed by atoms with Crippen LogP contribution in [0.5, 0.6) is 5.75 Å². The van der Waals surface area contributed by atoms with E-state index in [4.69, 9.17) is 9.47 Å². The van der Waals surface area contributed by atoms with Crippen molar-refractivity contribution in [3.8, 4) is 5.75 Å². The van der Waals surface area contributed by atoms with E-state index in [0.29, 0.717) is 23.4 Å². The second kappa shape index (κ2) is 8.87. The van der Waals surface area contributed by atoms with Gasteiger partial charge in [0.15, 0.2) is 6.10 Å². The molecular formula is C20H23NO4. The molecule has 0 aromatic heterocycles. The maximum absolute atomic E-state index is 12.6. The van der Waals surface area contributed by atoms with Gasteiger partial charge in [0, 0.05) is 0 Å². The van der Waals surface area contributed by atoms with Gasteiger partial charge in [0.2, 0.25) is 0 Å². The van der Waals surface area contributed by atoms with Crippen molar-refractivity contribution in [2.75, 3.05) is 11.9 Å². The minimum Gasteiger partial charge on any atom is -0.480 e. The van der Waals surface area contributed by atoms with Gasteiger partial charge in [-0.25, -0.2) is 4.79 Å². The van der Waals surface area contributed by atoms with Crippen molar-refractivity contribution in [3.05, 3.63) is 59.7 Å². The van der Waals surface area contributed by atoms with Crippen molar-refractivity contribution >= 4 is 17.6 Å². The van der Waals surface area contributed by atoms with E-state index in [2.05, 4.69) is 5.32 Å². The molecule has 0 radical (unpaired) electrons. The normalized spacial score (nSPS) is 11.5. The van der Waals surface area contributed by atoms with Crippen LogP contribution < -0.4 is 10.1 Å². The van der Waals surface area contributed by atoms with Crippen LogP contribution in [0.1, 0.15) is 36.2 Å². The molecule has 132 valence electrons. The Balaban J connectivity index is 2.15. The molecule has 0 aliphatic rings. The van der Waals surface area contributed by atoms with Gasteiger partial charge in [-0.15, -0.1) is 0 Å². The zero-order valence-electron chi connectivity index (χ0n) is 14.7. The molecule has 0 aliphatic heterocycles. The van der Waals surface area contributed by atoms with Crippen LogP contribution in [0.25, 0.3) is 0 Å². The molecule has 0 unspecified atom stereocenters.